The van der Waals surface area contributed by atoms with E-state index in [4.69, 9.17) is 0 Å². The van der Waals surface area contributed by atoms with Gasteiger partial charge in [-0.05, 0) is 30.0 Å². The van der Waals surface area contributed by atoms with Crippen molar-refractivity contribution in [3.8, 4) is 0 Å². The van der Waals surface area contributed by atoms with Gasteiger partial charge in [-0.25, -0.2) is 5.10 Å². The molecule has 0 saturated carbocycles. The van der Waals surface area contributed by atoms with Gasteiger partial charge in [0.15, 0.2) is 5.69 Å². The number of nitrogens with one attached hydrogen (secondary N) is 2. The molecule has 2 aromatic carbocycles. The molecule has 1 atom stereocenters. The fraction of sp³-hybridized carbons (Fsp3) is 0.167. The van der Waals surface area contributed by atoms with Crippen molar-refractivity contribution >= 4 is 16.7 Å². The second kappa shape index (κ2) is 5.35. The van der Waals surface area contributed by atoms with Crippen LogP contribution in [-0.4, -0.2) is 16.1 Å². The van der Waals surface area contributed by atoms with Crippen molar-refractivity contribution in [3.63, 3.8) is 0 Å². The highest BCUT2D eigenvalue weighted by molar-refractivity contribution is 6.04. The van der Waals surface area contributed by atoms with E-state index < -0.39 is 0 Å². The molecule has 2 N–H and O–H groups in total. The topological polar surface area (TPSA) is 74.8 Å². The van der Waals surface area contributed by atoms with Crippen molar-refractivity contribution in [1.82, 2.24) is 15.5 Å². The van der Waals surface area contributed by atoms with Gasteiger partial charge in [0.1, 0.15) is 0 Å². The van der Waals surface area contributed by atoms with Gasteiger partial charge in [-0.2, -0.15) is 5.10 Å². The number of aryl methyl sites for hydroxylation is 1. The molecule has 0 fully saturated rings. The van der Waals surface area contributed by atoms with E-state index in [0.29, 0.717) is 10.8 Å². The summed E-state index contributed by atoms with van der Waals surface area (Å²) in [6.45, 7) is 0. The molecule has 5 nitrogen and oxygen atoms in total. The second-order valence-electron chi connectivity index (χ2n) is 5.71. The molecule has 1 amide bonds. The maximum absolute atomic E-state index is 12.6. The first kappa shape index (κ1) is 13.7. The normalized spacial score (nSPS) is 16.3. The minimum Gasteiger partial charge on any atom is -0.344 e. The number of H-pyrrole nitrogens is 1. The maximum Gasteiger partial charge on any atom is 0.272 e. The van der Waals surface area contributed by atoms with Crippen LogP contribution in [0.5, 0.6) is 0 Å². The van der Waals surface area contributed by atoms with E-state index in [1.54, 1.807) is 24.3 Å². The fourth-order valence-electron chi connectivity index (χ4n) is 3.22. The number of rotatable bonds is 2. The number of nitrogens with zero attached hydrogens (tertiary/aromatic N) is 1. The monoisotopic (exact) mass is 305 g/mol. The third kappa shape index (κ3) is 2.30. The van der Waals surface area contributed by atoms with Gasteiger partial charge in [-0.3, -0.25) is 9.59 Å². The number of aromatic nitrogens is 2. The van der Waals surface area contributed by atoms with Crippen LogP contribution in [0.2, 0.25) is 0 Å². The first-order valence-corrected chi connectivity index (χ1v) is 7.60. The summed E-state index contributed by atoms with van der Waals surface area (Å²) in [4.78, 5) is 24.5. The first-order chi connectivity index (χ1) is 11.2. The molecule has 3 aromatic rings. The molecule has 0 spiro atoms. The molecule has 1 unspecified atom stereocenters. The summed E-state index contributed by atoms with van der Waals surface area (Å²) < 4.78 is 0. The van der Waals surface area contributed by atoms with Gasteiger partial charge < -0.3 is 5.32 Å². The van der Waals surface area contributed by atoms with Gasteiger partial charge in [0.05, 0.1) is 11.4 Å². The zero-order valence-corrected chi connectivity index (χ0v) is 12.4. The van der Waals surface area contributed by atoms with Gasteiger partial charge >= 0.3 is 0 Å². The van der Waals surface area contributed by atoms with E-state index in [2.05, 4.69) is 21.6 Å². The molecule has 0 aliphatic heterocycles. The number of carbonyl (C=O) groups excluding carboxylic acids is 1. The summed E-state index contributed by atoms with van der Waals surface area (Å²) in [5.41, 5.74) is 2.40. The van der Waals surface area contributed by atoms with Gasteiger partial charge in [-0.1, -0.05) is 42.5 Å². The molecule has 0 saturated heterocycles. The third-order valence-electron chi connectivity index (χ3n) is 4.35. The highest BCUT2D eigenvalue weighted by Gasteiger charge is 2.25. The molecule has 1 aliphatic carbocycles. The minimum atomic E-state index is -0.289. The Hall–Kier alpha value is -2.95. The van der Waals surface area contributed by atoms with E-state index in [9.17, 15) is 9.59 Å². The van der Waals surface area contributed by atoms with Crippen LogP contribution < -0.4 is 10.9 Å². The summed E-state index contributed by atoms with van der Waals surface area (Å²) >= 11 is 0. The van der Waals surface area contributed by atoms with Crippen LogP contribution in [-0.2, 0) is 6.42 Å². The van der Waals surface area contributed by atoms with E-state index >= 15 is 0 Å². The van der Waals surface area contributed by atoms with Crippen LogP contribution in [0.25, 0.3) is 10.8 Å². The van der Waals surface area contributed by atoms with E-state index in [0.717, 1.165) is 18.4 Å². The lowest BCUT2D eigenvalue weighted by Gasteiger charge is -2.14. The number of benzene rings is 2. The Morgan fingerprint density at radius 1 is 1.09 bits per heavy atom. The molecule has 1 heterocycles. The lowest BCUT2D eigenvalue weighted by atomic mass is 10.1. The lowest BCUT2D eigenvalue weighted by Crippen LogP contribution is -2.29. The van der Waals surface area contributed by atoms with Crippen molar-refractivity contribution < 1.29 is 4.79 Å². The first-order valence-electron chi connectivity index (χ1n) is 7.60. The molecule has 0 radical (unpaired) electrons. The number of hydrogen-bond acceptors (Lipinski definition) is 3. The Morgan fingerprint density at radius 3 is 2.70 bits per heavy atom. The summed E-state index contributed by atoms with van der Waals surface area (Å²) in [7, 11) is 0. The summed E-state index contributed by atoms with van der Waals surface area (Å²) in [5.74, 6) is -0.265. The molecule has 5 heteroatoms. The highest BCUT2D eigenvalue weighted by atomic mass is 16.2. The number of fused-ring (bicyclic) bond motifs is 2. The van der Waals surface area contributed by atoms with E-state index in [-0.39, 0.29) is 23.2 Å². The molecule has 4 rings (SSSR count). The molecular weight excluding hydrogens is 290 g/mol. The van der Waals surface area contributed by atoms with Crippen LogP contribution in [0.15, 0.2) is 53.3 Å². The van der Waals surface area contributed by atoms with Crippen LogP contribution in [0.3, 0.4) is 0 Å². The number of carbonyl (C=O) groups is 1. The summed E-state index contributed by atoms with van der Waals surface area (Å²) in [6.07, 6.45) is 1.84. The zero-order chi connectivity index (χ0) is 15.8. The second-order valence-corrected chi connectivity index (χ2v) is 5.71. The molecule has 23 heavy (non-hydrogen) atoms. The van der Waals surface area contributed by atoms with Gasteiger partial charge in [0.25, 0.3) is 11.5 Å². The molecule has 1 aliphatic rings. The number of hydrogen-bond donors (Lipinski definition) is 2. The predicted molar refractivity (Wildman–Crippen MR) is 87.3 cm³/mol. The Labute approximate surface area is 132 Å². The van der Waals surface area contributed by atoms with E-state index in [1.165, 1.54) is 5.56 Å². The van der Waals surface area contributed by atoms with Crippen molar-refractivity contribution in [2.24, 2.45) is 0 Å². The van der Waals surface area contributed by atoms with Crippen molar-refractivity contribution in [2.45, 2.75) is 18.9 Å². The molecule has 114 valence electrons. The van der Waals surface area contributed by atoms with Crippen molar-refractivity contribution in [3.05, 3.63) is 75.7 Å². The quantitative estimate of drug-likeness (QED) is 0.763. The lowest BCUT2D eigenvalue weighted by molar-refractivity contribution is 0.0932. The molecular formula is C18H15N3O2. The van der Waals surface area contributed by atoms with Crippen LogP contribution in [0, 0.1) is 0 Å². The standard InChI is InChI=1S/C18H15N3O2/c22-17-14-8-4-3-7-13(14)16(20-21-17)18(23)19-15-10-9-11-5-1-2-6-12(11)15/h1-8,15H,9-10H2,(H,19,23)(H,21,22). The predicted octanol–water partition coefficient (Wildman–Crippen LogP) is 2.34. The molecule has 0 bridgehead atoms. The maximum atomic E-state index is 12.6. The SMILES string of the molecule is O=C(NC1CCc2ccccc21)c1n[nH]c(=O)c2ccccc12. The largest absolute Gasteiger partial charge is 0.344 e. The molecule has 1 aromatic heterocycles. The van der Waals surface area contributed by atoms with Gasteiger partial charge in [0, 0.05) is 5.39 Å². The van der Waals surface area contributed by atoms with Gasteiger partial charge in [-0.15, -0.1) is 0 Å². The fourth-order valence-corrected chi connectivity index (χ4v) is 3.22. The Morgan fingerprint density at radius 2 is 1.83 bits per heavy atom. The van der Waals surface area contributed by atoms with Gasteiger partial charge in [0.2, 0.25) is 0 Å². The number of amides is 1. The van der Waals surface area contributed by atoms with Crippen molar-refractivity contribution in [2.75, 3.05) is 0 Å². The van der Waals surface area contributed by atoms with Crippen LogP contribution in [0.1, 0.15) is 34.1 Å². The average molecular weight is 305 g/mol. The summed E-state index contributed by atoms with van der Waals surface area (Å²) in [5, 5.41) is 10.4. The summed E-state index contributed by atoms with van der Waals surface area (Å²) in [6, 6.07) is 15.1. The zero-order valence-electron chi connectivity index (χ0n) is 12.4. The smallest absolute Gasteiger partial charge is 0.272 e. The Bertz CT molecular complexity index is 962. The van der Waals surface area contributed by atoms with E-state index in [1.807, 2.05) is 18.2 Å². The number of aromatic amines is 1. The Balaban J connectivity index is 1.69. The highest BCUT2D eigenvalue weighted by Crippen LogP contribution is 2.31. The average Bonchev–Trinajstić information content (AvgIpc) is 2.98. The minimum absolute atomic E-state index is 0.00816. The van der Waals surface area contributed by atoms with Crippen LogP contribution >= 0.6 is 0 Å². The third-order valence-corrected chi connectivity index (χ3v) is 4.35. The van der Waals surface area contributed by atoms with Crippen LogP contribution in [0.4, 0.5) is 0 Å². The Kier molecular flexibility index (Phi) is 3.19. The van der Waals surface area contributed by atoms with Crippen molar-refractivity contribution in [1.29, 1.82) is 0 Å².